The maximum absolute atomic E-state index is 12.0. The molecule has 1 rings (SSSR count). The van der Waals surface area contributed by atoms with Gasteiger partial charge in [-0.05, 0) is 30.2 Å². The third-order valence-electron chi connectivity index (χ3n) is 2.60. The lowest BCUT2D eigenvalue weighted by Crippen LogP contribution is -2.46. The summed E-state index contributed by atoms with van der Waals surface area (Å²) in [4.78, 5) is 12.2. The number of alkyl halides is 2. The monoisotopic (exact) mass is 302 g/mol. The maximum atomic E-state index is 12.0. The number of carbonyl (C=O) groups excluding carboxylic acids is 1. The van der Waals surface area contributed by atoms with Crippen molar-refractivity contribution >= 4 is 23.1 Å². The Hall–Kier alpha value is -1.76. The normalized spacial score (nSPS) is 12.3. The predicted octanol–water partition coefficient (Wildman–Crippen LogP) is 2.33. The largest absolute Gasteiger partial charge is 0.435 e. The number of hydrogen-bond acceptors (Lipinski definition) is 3. The van der Waals surface area contributed by atoms with Crippen molar-refractivity contribution in [2.24, 2.45) is 11.7 Å². The first kappa shape index (κ1) is 16.3. The summed E-state index contributed by atoms with van der Waals surface area (Å²) in [5, 5.41) is 2.70. The average molecular weight is 302 g/mol. The topological polar surface area (TPSA) is 64.3 Å². The summed E-state index contributed by atoms with van der Waals surface area (Å²) in [5.41, 5.74) is 5.87. The van der Waals surface area contributed by atoms with E-state index in [1.165, 1.54) is 24.3 Å². The Bertz CT molecular complexity index is 478. The molecule has 1 aromatic carbocycles. The highest BCUT2D eigenvalue weighted by Gasteiger charge is 2.19. The van der Waals surface area contributed by atoms with E-state index in [4.69, 9.17) is 18.0 Å². The summed E-state index contributed by atoms with van der Waals surface area (Å²) >= 11 is 4.89. The molecule has 110 valence electrons. The Morgan fingerprint density at radius 2 is 1.85 bits per heavy atom. The SMILES string of the molecule is CC(C)C(NC(=O)c1ccc(OC(F)F)cc1)C(N)=S. The predicted molar refractivity (Wildman–Crippen MR) is 76.0 cm³/mol. The summed E-state index contributed by atoms with van der Waals surface area (Å²) in [6, 6.07) is 4.96. The number of amides is 1. The number of ether oxygens (including phenoxy) is 1. The molecule has 0 saturated carbocycles. The highest BCUT2D eigenvalue weighted by molar-refractivity contribution is 7.80. The number of benzene rings is 1. The zero-order chi connectivity index (χ0) is 15.3. The molecule has 0 aliphatic heterocycles. The lowest BCUT2D eigenvalue weighted by atomic mass is 10.0. The molecule has 1 amide bonds. The molecular formula is C13H16F2N2O2S. The van der Waals surface area contributed by atoms with Crippen LogP contribution >= 0.6 is 12.2 Å². The molecule has 4 nitrogen and oxygen atoms in total. The zero-order valence-corrected chi connectivity index (χ0v) is 11.9. The third-order valence-corrected chi connectivity index (χ3v) is 2.86. The molecular weight excluding hydrogens is 286 g/mol. The molecule has 0 radical (unpaired) electrons. The van der Waals surface area contributed by atoms with Crippen LogP contribution in [0.2, 0.25) is 0 Å². The van der Waals surface area contributed by atoms with Crippen molar-refractivity contribution in [3.05, 3.63) is 29.8 Å². The number of nitrogens with one attached hydrogen (secondary N) is 1. The van der Waals surface area contributed by atoms with E-state index in [-0.39, 0.29) is 22.6 Å². The van der Waals surface area contributed by atoms with Gasteiger partial charge in [-0.15, -0.1) is 0 Å². The molecule has 0 aromatic heterocycles. The van der Waals surface area contributed by atoms with E-state index in [9.17, 15) is 13.6 Å². The van der Waals surface area contributed by atoms with Crippen LogP contribution in [0.25, 0.3) is 0 Å². The first-order chi connectivity index (χ1) is 9.31. The van der Waals surface area contributed by atoms with Crippen molar-refractivity contribution in [2.45, 2.75) is 26.5 Å². The van der Waals surface area contributed by atoms with Gasteiger partial charge in [-0.2, -0.15) is 8.78 Å². The molecule has 1 atom stereocenters. The molecule has 0 bridgehead atoms. The van der Waals surface area contributed by atoms with Gasteiger partial charge in [0.05, 0.1) is 11.0 Å². The minimum absolute atomic E-state index is 0.00805. The second-order valence-corrected chi connectivity index (χ2v) is 4.97. The fourth-order valence-corrected chi connectivity index (χ4v) is 1.91. The van der Waals surface area contributed by atoms with Crippen molar-refractivity contribution in [3.63, 3.8) is 0 Å². The van der Waals surface area contributed by atoms with Crippen LogP contribution in [0.15, 0.2) is 24.3 Å². The first-order valence-corrected chi connectivity index (χ1v) is 6.37. The Kier molecular flexibility index (Phi) is 5.82. The number of hydrogen-bond donors (Lipinski definition) is 2. The van der Waals surface area contributed by atoms with Gasteiger partial charge in [0.15, 0.2) is 0 Å². The number of rotatable bonds is 6. The Balaban J connectivity index is 2.74. The zero-order valence-electron chi connectivity index (χ0n) is 11.1. The van der Waals surface area contributed by atoms with Crippen LogP contribution in [0.3, 0.4) is 0 Å². The molecule has 0 aliphatic carbocycles. The maximum Gasteiger partial charge on any atom is 0.387 e. The van der Waals surface area contributed by atoms with Gasteiger partial charge in [-0.3, -0.25) is 4.79 Å². The minimum atomic E-state index is -2.89. The van der Waals surface area contributed by atoms with Gasteiger partial charge in [-0.25, -0.2) is 0 Å². The quantitative estimate of drug-likeness (QED) is 0.792. The molecule has 0 heterocycles. The minimum Gasteiger partial charge on any atom is -0.435 e. The average Bonchev–Trinajstić information content (AvgIpc) is 2.35. The van der Waals surface area contributed by atoms with E-state index in [1.54, 1.807) is 0 Å². The number of nitrogens with two attached hydrogens (primary N) is 1. The molecule has 7 heteroatoms. The van der Waals surface area contributed by atoms with Crippen LogP contribution in [-0.2, 0) is 0 Å². The van der Waals surface area contributed by atoms with Gasteiger partial charge in [0, 0.05) is 5.56 Å². The number of thiocarbonyl (C=S) groups is 1. The summed E-state index contributed by atoms with van der Waals surface area (Å²) in [7, 11) is 0. The van der Waals surface area contributed by atoms with E-state index in [2.05, 4.69) is 10.1 Å². The lowest BCUT2D eigenvalue weighted by Gasteiger charge is -2.21. The van der Waals surface area contributed by atoms with Crippen molar-refractivity contribution in [1.29, 1.82) is 0 Å². The van der Waals surface area contributed by atoms with Crippen LogP contribution in [-0.4, -0.2) is 23.5 Å². The second-order valence-electron chi connectivity index (χ2n) is 4.50. The second kappa shape index (κ2) is 7.14. The van der Waals surface area contributed by atoms with E-state index in [0.29, 0.717) is 5.56 Å². The third kappa shape index (κ3) is 4.73. The molecule has 1 unspecified atom stereocenters. The summed E-state index contributed by atoms with van der Waals surface area (Å²) < 4.78 is 28.2. The Morgan fingerprint density at radius 3 is 2.25 bits per heavy atom. The van der Waals surface area contributed by atoms with Gasteiger partial charge in [-0.1, -0.05) is 26.1 Å². The van der Waals surface area contributed by atoms with Crippen molar-refractivity contribution < 1.29 is 18.3 Å². The molecule has 0 fully saturated rings. The van der Waals surface area contributed by atoms with Gasteiger partial charge in [0.2, 0.25) is 0 Å². The van der Waals surface area contributed by atoms with Crippen LogP contribution in [0.4, 0.5) is 8.78 Å². The summed E-state index contributed by atoms with van der Waals surface area (Å²) in [6.07, 6.45) is 0. The van der Waals surface area contributed by atoms with Gasteiger partial charge in [0.1, 0.15) is 5.75 Å². The lowest BCUT2D eigenvalue weighted by molar-refractivity contribution is -0.0498. The molecule has 0 spiro atoms. The van der Waals surface area contributed by atoms with Gasteiger partial charge >= 0.3 is 6.61 Å². The van der Waals surface area contributed by atoms with Crippen LogP contribution in [0.5, 0.6) is 5.75 Å². The molecule has 1 aromatic rings. The van der Waals surface area contributed by atoms with Crippen LogP contribution < -0.4 is 15.8 Å². The number of halogens is 2. The molecule has 0 aliphatic rings. The van der Waals surface area contributed by atoms with E-state index in [0.717, 1.165) is 0 Å². The Labute approximate surface area is 121 Å². The fraction of sp³-hybridized carbons (Fsp3) is 0.385. The first-order valence-electron chi connectivity index (χ1n) is 5.96. The van der Waals surface area contributed by atoms with Crippen molar-refractivity contribution in [1.82, 2.24) is 5.32 Å². The number of carbonyl (C=O) groups is 1. The summed E-state index contributed by atoms with van der Waals surface area (Å²) in [6.45, 7) is 0.863. The fourth-order valence-electron chi connectivity index (χ4n) is 1.58. The van der Waals surface area contributed by atoms with Gasteiger partial charge in [0.25, 0.3) is 5.91 Å². The molecule has 0 saturated heterocycles. The van der Waals surface area contributed by atoms with Crippen LogP contribution in [0.1, 0.15) is 24.2 Å². The van der Waals surface area contributed by atoms with Crippen molar-refractivity contribution in [3.8, 4) is 5.75 Å². The van der Waals surface area contributed by atoms with E-state index in [1.807, 2.05) is 13.8 Å². The summed E-state index contributed by atoms with van der Waals surface area (Å²) in [5.74, 6) is -0.329. The highest BCUT2D eigenvalue weighted by Crippen LogP contribution is 2.15. The van der Waals surface area contributed by atoms with E-state index >= 15 is 0 Å². The highest BCUT2D eigenvalue weighted by atomic mass is 32.1. The smallest absolute Gasteiger partial charge is 0.387 e. The standard InChI is InChI=1S/C13H16F2N2O2S/c1-7(2)10(11(16)20)17-12(18)8-3-5-9(6-4-8)19-13(14)15/h3-7,10,13H,1-2H3,(H2,16,20)(H,17,18). The van der Waals surface area contributed by atoms with Crippen LogP contribution in [0, 0.1) is 5.92 Å². The Morgan fingerprint density at radius 1 is 1.30 bits per heavy atom. The molecule has 3 N–H and O–H groups in total. The van der Waals surface area contributed by atoms with Gasteiger partial charge < -0.3 is 15.8 Å². The van der Waals surface area contributed by atoms with E-state index < -0.39 is 12.7 Å². The molecule has 20 heavy (non-hydrogen) atoms. The van der Waals surface area contributed by atoms with Crippen molar-refractivity contribution in [2.75, 3.05) is 0 Å².